The average Bonchev–Trinajstić information content (AvgIpc) is 3.05. The van der Waals surface area contributed by atoms with Crippen LogP contribution >= 0.6 is 0 Å². The van der Waals surface area contributed by atoms with E-state index in [0.717, 1.165) is 6.54 Å². The lowest BCUT2D eigenvalue weighted by Crippen LogP contribution is -2.57. The van der Waals surface area contributed by atoms with Gasteiger partial charge in [0.25, 0.3) is 5.91 Å². The summed E-state index contributed by atoms with van der Waals surface area (Å²) in [5.41, 5.74) is 0. The zero-order chi connectivity index (χ0) is 17.1. The van der Waals surface area contributed by atoms with Gasteiger partial charge >= 0.3 is 0 Å². The van der Waals surface area contributed by atoms with Gasteiger partial charge in [0.15, 0.2) is 5.76 Å². The molecule has 2 heterocycles. The molecule has 0 aliphatic carbocycles. The Morgan fingerprint density at radius 3 is 2.79 bits per heavy atom. The van der Waals surface area contributed by atoms with Crippen LogP contribution in [0.4, 0.5) is 4.39 Å². The number of nitrogens with one attached hydrogen (secondary N) is 1. The highest BCUT2D eigenvalue weighted by Gasteiger charge is 2.30. The number of ether oxygens (including phenoxy) is 1. The second kappa shape index (κ2) is 7.05. The normalized spacial score (nSPS) is 20.9. The van der Waals surface area contributed by atoms with Gasteiger partial charge in [-0.2, -0.15) is 0 Å². The fourth-order valence-corrected chi connectivity index (χ4v) is 2.74. The molecule has 1 N–H and O–H groups in total. The molecule has 0 spiro atoms. The van der Waals surface area contributed by atoms with Crippen LogP contribution in [0.3, 0.4) is 0 Å². The largest absolute Gasteiger partial charge is 0.486 e. The van der Waals surface area contributed by atoms with Gasteiger partial charge in [-0.15, -0.1) is 0 Å². The maximum atomic E-state index is 12.9. The van der Waals surface area contributed by atoms with Crippen molar-refractivity contribution in [2.45, 2.75) is 32.5 Å². The van der Waals surface area contributed by atoms with E-state index in [1.165, 1.54) is 12.1 Å². The molecule has 0 radical (unpaired) electrons. The van der Waals surface area contributed by atoms with E-state index < -0.39 is 0 Å². The molecule has 0 saturated carbocycles. The summed E-state index contributed by atoms with van der Waals surface area (Å²) in [6.07, 6.45) is 0. The van der Waals surface area contributed by atoms with Gasteiger partial charge in [-0.3, -0.25) is 4.79 Å². The van der Waals surface area contributed by atoms with E-state index in [4.69, 9.17) is 9.15 Å². The third-order valence-electron chi connectivity index (χ3n) is 4.36. The molecule has 1 saturated heterocycles. The zero-order valence-electron chi connectivity index (χ0n) is 13.8. The van der Waals surface area contributed by atoms with E-state index in [-0.39, 0.29) is 30.4 Å². The minimum atomic E-state index is -0.312. The van der Waals surface area contributed by atoms with E-state index in [0.29, 0.717) is 23.8 Å². The summed E-state index contributed by atoms with van der Waals surface area (Å²) in [5.74, 6) is 0.994. The van der Waals surface area contributed by atoms with E-state index in [9.17, 15) is 9.18 Å². The topological polar surface area (TPSA) is 54.7 Å². The highest BCUT2D eigenvalue weighted by Crippen LogP contribution is 2.18. The Labute approximate surface area is 140 Å². The first-order valence-corrected chi connectivity index (χ1v) is 8.06. The van der Waals surface area contributed by atoms with Crippen molar-refractivity contribution < 1.29 is 18.3 Å². The van der Waals surface area contributed by atoms with Gasteiger partial charge in [0, 0.05) is 25.2 Å². The highest BCUT2D eigenvalue weighted by atomic mass is 19.1. The molecule has 128 valence electrons. The van der Waals surface area contributed by atoms with Crippen LogP contribution in [-0.2, 0) is 6.61 Å². The van der Waals surface area contributed by atoms with Crippen LogP contribution in [0.5, 0.6) is 5.75 Å². The molecule has 2 atom stereocenters. The Hall–Kier alpha value is -2.34. The van der Waals surface area contributed by atoms with Crippen molar-refractivity contribution in [3.8, 4) is 5.75 Å². The lowest BCUT2D eigenvalue weighted by Gasteiger charge is -2.38. The van der Waals surface area contributed by atoms with E-state index >= 15 is 0 Å². The molecule has 3 rings (SSSR count). The van der Waals surface area contributed by atoms with Crippen LogP contribution in [0.25, 0.3) is 0 Å². The van der Waals surface area contributed by atoms with Crippen molar-refractivity contribution in [2.75, 3.05) is 13.1 Å². The molecule has 1 aromatic carbocycles. The zero-order valence-corrected chi connectivity index (χ0v) is 13.8. The number of rotatable bonds is 4. The first-order valence-electron chi connectivity index (χ1n) is 8.06. The molecule has 1 amide bonds. The van der Waals surface area contributed by atoms with Crippen molar-refractivity contribution in [3.05, 3.63) is 53.7 Å². The van der Waals surface area contributed by atoms with Crippen molar-refractivity contribution in [1.82, 2.24) is 10.2 Å². The summed E-state index contributed by atoms with van der Waals surface area (Å²) in [4.78, 5) is 14.4. The smallest absolute Gasteiger partial charge is 0.289 e. The van der Waals surface area contributed by atoms with Crippen LogP contribution < -0.4 is 10.1 Å². The number of carbonyl (C=O) groups is 1. The summed E-state index contributed by atoms with van der Waals surface area (Å²) >= 11 is 0. The van der Waals surface area contributed by atoms with E-state index in [2.05, 4.69) is 12.2 Å². The number of halogens is 1. The van der Waals surface area contributed by atoms with E-state index in [1.807, 2.05) is 11.8 Å². The lowest BCUT2D eigenvalue weighted by atomic mass is 10.1. The van der Waals surface area contributed by atoms with Gasteiger partial charge in [0.2, 0.25) is 0 Å². The molecule has 2 aromatic rings. The Balaban J connectivity index is 1.62. The van der Waals surface area contributed by atoms with Crippen LogP contribution in [0.15, 0.2) is 40.8 Å². The summed E-state index contributed by atoms with van der Waals surface area (Å²) in [7, 11) is 0. The molecule has 1 fully saturated rings. The predicted molar refractivity (Wildman–Crippen MR) is 87.4 cm³/mol. The predicted octanol–water partition coefficient (Wildman–Crippen LogP) is 2.82. The molecule has 1 aromatic heterocycles. The number of carbonyl (C=O) groups excluding carboxylic acids is 1. The maximum Gasteiger partial charge on any atom is 0.289 e. The summed E-state index contributed by atoms with van der Waals surface area (Å²) in [6.45, 7) is 5.71. The Morgan fingerprint density at radius 2 is 2.04 bits per heavy atom. The SMILES string of the molecule is CC1NCCN(C(=O)c2ccc(COc3ccc(F)cc3)o2)C1C. The second-order valence-electron chi connectivity index (χ2n) is 5.99. The molecule has 5 nitrogen and oxygen atoms in total. The lowest BCUT2D eigenvalue weighted by molar-refractivity contribution is 0.0567. The molecule has 2 unspecified atom stereocenters. The van der Waals surface area contributed by atoms with E-state index in [1.54, 1.807) is 24.3 Å². The van der Waals surface area contributed by atoms with Gasteiger partial charge in [0.1, 0.15) is 23.9 Å². The van der Waals surface area contributed by atoms with Crippen LogP contribution in [0, 0.1) is 5.82 Å². The minimum absolute atomic E-state index is 0.107. The number of hydrogen-bond donors (Lipinski definition) is 1. The fraction of sp³-hybridized carbons (Fsp3) is 0.389. The first kappa shape index (κ1) is 16.5. The fourth-order valence-electron chi connectivity index (χ4n) is 2.74. The molecule has 1 aliphatic rings. The number of hydrogen-bond acceptors (Lipinski definition) is 4. The summed E-state index contributed by atoms with van der Waals surface area (Å²) in [5, 5.41) is 3.34. The molecular weight excluding hydrogens is 311 g/mol. The van der Waals surface area contributed by atoms with Gasteiger partial charge in [-0.1, -0.05) is 0 Å². The number of benzene rings is 1. The second-order valence-corrected chi connectivity index (χ2v) is 5.99. The average molecular weight is 332 g/mol. The van der Waals surface area contributed by atoms with Crippen molar-refractivity contribution in [2.24, 2.45) is 0 Å². The maximum absolute atomic E-state index is 12.9. The van der Waals surface area contributed by atoms with Gasteiger partial charge < -0.3 is 19.4 Å². The third kappa shape index (κ3) is 3.59. The molecule has 6 heteroatoms. The highest BCUT2D eigenvalue weighted by molar-refractivity contribution is 5.91. The Kier molecular flexibility index (Phi) is 4.85. The standard InChI is InChI=1S/C18H21FN2O3/c1-12-13(2)21(10-9-20-12)18(22)17-8-7-16(24-17)11-23-15-5-3-14(19)4-6-15/h3-8,12-13,20H,9-11H2,1-2H3. The first-order chi connectivity index (χ1) is 11.5. The van der Waals surface area contributed by atoms with Crippen LogP contribution in [-0.4, -0.2) is 36.0 Å². The number of nitrogens with zero attached hydrogens (tertiary/aromatic N) is 1. The quantitative estimate of drug-likeness (QED) is 0.935. The monoisotopic (exact) mass is 332 g/mol. The molecule has 0 bridgehead atoms. The van der Waals surface area contributed by atoms with Gasteiger partial charge in [0.05, 0.1) is 0 Å². The number of piperazine rings is 1. The Bertz CT molecular complexity index is 699. The molecular formula is C18H21FN2O3. The third-order valence-corrected chi connectivity index (χ3v) is 4.36. The number of amides is 1. The minimum Gasteiger partial charge on any atom is -0.486 e. The van der Waals surface area contributed by atoms with Crippen molar-refractivity contribution in [3.63, 3.8) is 0 Å². The van der Waals surface area contributed by atoms with Crippen molar-refractivity contribution in [1.29, 1.82) is 0 Å². The van der Waals surface area contributed by atoms with Crippen LogP contribution in [0.2, 0.25) is 0 Å². The number of furan rings is 1. The van der Waals surface area contributed by atoms with Crippen molar-refractivity contribution >= 4 is 5.91 Å². The summed E-state index contributed by atoms with van der Waals surface area (Å²) in [6, 6.07) is 9.52. The van der Waals surface area contributed by atoms with Gasteiger partial charge in [-0.25, -0.2) is 4.39 Å². The molecule has 1 aliphatic heterocycles. The van der Waals surface area contributed by atoms with Crippen LogP contribution in [0.1, 0.15) is 30.2 Å². The van der Waals surface area contributed by atoms with Gasteiger partial charge in [-0.05, 0) is 50.2 Å². The Morgan fingerprint density at radius 1 is 1.29 bits per heavy atom. The molecule has 24 heavy (non-hydrogen) atoms. The summed E-state index contributed by atoms with van der Waals surface area (Å²) < 4.78 is 24.0.